The van der Waals surface area contributed by atoms with E-state index in [4.69, 9.17) is 0 Å². The minimum absolute atomic E-state index is 0.144. The molecule has 1 N–H and O–H groups in total. The minimum atomic E-state index is -4.38. The molecular formula is C16H20F4N4O. The van der Waals surface area contributed by atoms with Gasteiger partial charge in [-0.15, -0.1) is 0 Å². The molecule has 0 radical (unpaired) electrons. The molecule has 2 aliphatic heterocycles. The van der Waals surface area contributed by atoms with Crippen molar-refractivity contribution >= 4 is 5.91 Å². The Kier molecular flexibility index (Phi) is 5.03. The van der Waals surface area contributed by atoms with Crippen LogP contribution >= 0.6 is 0 Å². The number of carbonyl (C=O) groups excluding carboxylic acids is 1. The summed E-state index contributed by atoms with van der Waals surface area (Å²) in [5, 5.41) is 1.17. The van der Waals surface area contributed by atoms with Crippen LogP contribution < -0.4 is 5.43 Å². The van der Waals surface area contributed by atoms with Crippen LogP contribution in [0.5, 0.6) is 0 Å². The average Bonchev–Trinajstić information content (AvgIpc) is 3.04. The summed E-state index contributed by atoms with van der Waals surface area (Å²) in [5.74, 6) is -0.225. The Morgan fingerprint density at radius 1 is 1.20 bits per heavy atom. The van der Waals surface area contributed by atoms with Crippen LogP contribution in [-0.4, -0.2) is 71.8 Å². The fourth-order valence-corrected chi connectivity index (χ4v) is 3.01. The molecule has 1 fully saturated rings. The van der Waals surface area contributed by atoms with Crippen LogP contribution in [0.3, 0.4) is 0 Å². The smallest absolute Gasteiger partial charge is 0.368 e. The van der Waals surface area contributed by atoms with E-state index in [0.717, 1.165) is 11.8 Å². The molecule has 0 aromatic heterocycles. The second-order valence-electron chi connectivity index (χ2n) is 6.23. The van der Waals surface area contributed by atoms with E-state index >= 15 is 0 Å². The Balaban J connectivity index is 1.45. The summed E-state index contributed by atoms with van der Waals surface area (Å²) in [4.78, 5) is 16.0. The summed E-state index contributed by atoms with van der Waals surface area (Å²) in [6.45, 7) is 2.07. The highest BCUT2D eigenvalue weighted by atomic mass is 19.4. The van der Waals surface area contributed by atoms with Gasteiger partial charge in [0.2, 0.25) is 5.91 Å². The fourth-order valence-electron chi connectivity index (χ4n) is 3.01. The molecule has 1 amide bonds. The van der Waals surface area contributed by atoms with Gasteiger partial charge in [0, 0.05) is 44.5 Å². The van der Waals surface area contributed by atoms with Crippen LogP contribution in [0.4, 0.5) is 17.6 Å². The molecule has 2 atom stereocenters. The third-order valence-corrected chi connectivity index (χ3v) is 4.45. The first-order valence-corrected chi connectivity index (χ1v) is 8.16. The molecule has 1 saturated heterocycles. The number of halogens is 4. The molecule has 0 aromatic carbocycles. The van der Waals surface area contributed by atoms with Crippen molar-refractivity contribution in [2.45, 2.75) is 24.8 Å². The number of piperazine rings is 1. The van der Waals surface area contributed by atoms with Crippen LogP contribution in [0.1, 0.15) is 6.42 Å². The molecule has 0 spiro atoms. The first-order chi connectivity index (χ1) is 11.8. The van der Waals surface area contributed by atoms with Crippen molar-refractivity contribution in [3.05, 3.63) is 36.2 Å². The highest BCUT2D eigenvalue weighted by molar-refractivity contribution is 5.78. The zero-order valence-corrected chi connectivity index (χ0v) is 13.5. The number of hydrogen-bond donors (Lipinski definition) is 1. The van der Waals surface area contributed by atoms with Crippen LogP contribution in [-0.2, 0) is 4.79 Å². The van der Waals surface area contributed by atoms with E-state index in [1.807, 2.05) is 6.08 Å². The van der Waals surface area contributed by atoms with E-state index in [2.05, 4.69) is 10.3 Å². The number of allylic oxidation sites excluding steroid dienone is 3. The maximum atomic E-state index is 13.1. The molecule has 3 aliphatic rings. The number of rotatable bonds is 3. The summed E-state index contributed by atoms with van der Waals surface area (Å²) in [7, 11) is 0. The van der Waals surface area contributed by atoms with E-state index in [9.17, 15) is 22.4 Å². The summed E-state index contributed by atoms with van der Waals surface area (Å²) < 4.78 is 50.9. The highest BCUT2D eigenvalue weighted by Crippen LogP contribution is 2.24. The molecule has 2 heterocycles. The third kappa shape index (κ3) is 4.33. The lowest BCUT2D eigenvalue weighted by atomic mass is 10.1. The van der Waals surface area contributed by atoms with Crippen molar-refractivity contribution in [1.29, 1.82) is 0 Å². The predicted molar refractivity (Wildman–Crippen MR) is 83.7 cm³/mol. The van der Waals surface area contributed by atoms with E-state index in [1.54, 1.807) is 11.0 Å². The highest BCUT2D eigenvalue weighted by Gasteiger charge is 2.41. The van der Waals surface area contributed by atoms with E-state index in [1.165, 1.54) is 17.3 Å². The maximum absolute atomic E-state index is 13.1. The number of hydrazine groups is 1. The van der Waals surface area contributed by atoms with Gasteiger partial charge in [0.15, 0.2) is 0 Å². The van der Waals surface area contributed by atoms with Crippen LogP contribution in [0.25, 0.3) is 0 Å². The second-order valence-corrected chi connectivity index (χ2v) is 6.23. The number of nitrogens with zero attached hydrogens (tertiary/aromatic N) is 3. The van der Waals surface area contributed by atoms with Gasteiger partial charge in [0.05, 0.1) is 0 Å². The Morgan fingerprint density at radius 3 is 2.48 bits per heavy atom. The molecule has 0 aromatic rings. The monoisotopic (exact) mass is 360 g/mol. The van der Waals surface area contributed by atoms with Gasteiger partial charge in [-0.1, -0.05) is 6.08 Å². The largest absolute Gasteiger partial charge is 0.409 e. The van der Waals surface area contributed by atoms with Crippen LogP contribution in [0, 0.1) is 0 Å². The van der Waals surface area contributed by atoms with Gasteiger partial charge in [-0.3, -0.25) is 4.79 Å². The summed E-state index contributed by atoms with van der Waals surface area (Å²) in [5.41, 5.74) is 3.21. The molecule has 138 valence electrons. The third-order valence-electron chi connectivity index (χ3n) is 4.45. The van der Waals surface area contributed by atoms with Gasteiger partial charge in [0.25, 0.3) is 0 Å². The van der Waals surface area contributed by atoms with Crippen molar-refractivity contribution in [3.8, 4) is 0 Å². The van der Waals surface area contributed by atoms with Crippen molar-refractivity contribution in [1.82, 2.24) is 20.2 Å². The molecule has 5 nitrogen and oxygen atoms in total. The lowest BCUT2D eigenvalue weighted by molar-refractivity contribution is -0.152. The molecule has 0 saturated carbocycles. The first kappa shape index (κ1) is 17.8. The van der Waals surface area contributed by atoms with Gasteiger partial charge >= 0.3 is 6.18 Å². The number of hydrogen-bond acceptors (Lipinski definition) is 4. The summed E-state index contributed by atoms with van der Waals surface area (Å²) in [6, 6.07) is -1.75. The molecule has 1 aliphatic carbocycles. The first-order valence-electron chi connectivity index (χ1n) is 8.16. The Hall–Kier alpha value is -2.03. The number of nitrogens with one attached hydrogen (secondary N) is 1. The minimum Gasteiger partial charge on any atom is -0.368 e. The molecule has 3 rings (SSSR count). The normalized spacial score (nSPS) is 27.0. The molecule has 9 heteroatoms. The SMILES string of the molecule is O=C(CN1C=CC(C(F)(F)F)N1)N1CCN(C2=CCC(F)C=C2)CC1. The predicted octanol–water partition coefficient (Wildman–Crippen LogP) is 1.58. The zero-order chi connectivity index (χ0) is 18.0. The summed E-state index contributed by atoms with van der Waals surface area (Å²) >= 11 is 0. The lowest BCUT2D eigenvalue weighted by Crippen LogP contribution is -2.52. The van der Waals surface area contributed by atoms with Crippen LogP contribution in [0.2, 0.25) is 0 Å². The van der Waals surface area contributed by atoms with E-state index < -0.39 is 18.4 Å². The molecule has 25 heavy (non-hydrogen) atoms. The second kappa shape index (κ2) is 7.07. The van der Waals surface area contributed by atoms with Crippen molar-refractivity contribution in [2.24, 2.45) is 0 Å². The summed E-state index contributed by atoms with van der Waals surface area (Å²) in [6.07, 6.45) is 2.41. The maximum Gasteiger partial charge on any atom is 0.409 e. The Morgan fingerprint density at radius 2 is 1.92 bits per heavy atom. The zero-order valence-electron chi connectivity index (χ0n) is 13.5. The van der Waals surface area contributed by atoms with Gasteiger partial charge < -0.3 is 14.8 Å². The molecular weight excluding hydrogens is 340 g/mol. The van der Waals surface area contributed by atoms with Gasteiger partial charge in [0.1, 0.15) is 18.8 Å². The lowest BCUT2D eigenvalue weighted by Gasteiger charge is -2.37. The average molecular weight is 360 g/mol. The van der Waals surface area contributed by atoms with E-state index in [0.29, 0.717) is 32.6 Å². The quantitative estimate of drug-likeness (QED) is 0.776. The van der Waals surface area contributed by atoms with Crippen molar-refractivity contribution < 1.29 is 22.4 Å². The Bertz CT molecular complexity index is 593. The van der Waals surface area contributed by atoms with Gasteiger partial charge in [-0.2, -0.15) is 13.2 Å². The van der Waals surface area contributed by atoms with Crippen molar-refractivity contribution in [3.63, 3.8) is 0 Å². The van der Waals surface area contributed by atoms with Gasteiger partial charge in [-0.25, -0.2) is 9.82 Å². The van der Waals surface area contributed by atoms with Gasteiger partial charge in [-0.05, 0) is 18.2 Å². The standard InChI is InChI=1S/C16H20F4N4O/c17-12-1-3-13(4-2-12)22-7-9-23(10-8-22)15(25)11-24-6-5-14(21-24)16(18,19)20/h1,3-6,12,14,21H,2,7-11H2. The van der Waals surface area contributed by atoms with Crippen LogP contribution in [0.15, 0.2) is 36.2 Å². The number of carbonyl (C=O) groups is 1. The number of alkyl halides is 4. The molecule has 2 unspecified atom stereocenters. The Labute approximate surface area is 143 Å². The number of amides is 1. The molecule has 0 bridgehead atoms. The fraction of sp³-hybridized carbons (Fsp3) is 0.562. The topological polar surface area (TPSA) is 38.8 Å². The van der Waals surface area contributed by atoms with Crippen molar-refractivity contribution in [2.75, 3.05) is 32.7 Å². The van der Waals surface area contributed by atoms with E-state index in [-0.39, 0.29) is 12.5 Å².